The summed E-state index contributed by atoms with van der Waals surface area (Å²) in [5, 5.41) is 10.9. The Labute approximate surface area is 122 Å². The van der Waals surface area contributed by atoms with E-state index in [4.69, 9.17) is 0 Å². The lowest BCUT2D eigenvalue weighted by atomic mass is 10.2. The van der Waals surface area contributed by atoms with Crippen molar-refractivity contribution in [3.63, 3.8) is 0 Å². The maximum Gasteiger partial charge on any atom is 0.274 e. The van der Waals surface area contributed by atoms with Crippen molar-refractivity contribution in [2.24, 2.45) is 0 Å². The van der Waals surface area contributed by atoms with E-state index in [0.717, 1.165) is 0 Å². The first-order valence-corrected chi connectivity index (χ1v) is 7.63. The van der Waals surface area contributed by atoms with Crippen LogP contribution in [0.2, 0.25) is 0 Å². The Hall–Kier alpha value is -2.41. The monoisotopic (exact) mass is 306 g/mol. The maximum atomic E-state index is 12.4. The molecule has 1 N–H and O–H groups in total. The summed E-state index contributed by atoms with van der Waals surface area (Å²) in [6.07, 6.45) is 0. The molecule has 21 heavy (non-hydrogen) atoms. The third-order valence-electron chi connectivity index (χ3n) is 3.13. The smallest absolute Gasteiger partial charge is 0.274 e. The van der Waals surface area contributed by atoms with Crippen LogP contribution in [0.1, 0.15) is 11.1 Å². The van der Waals surface area contributed by atoms with E-state index in [1.54, 1.807) is 25.1 Å². The first-order valence-electron chi connectivity index (χ1n) is 6.15. The zero-order valence-electron chi connectivity index (χ0n) is 11.5. The van der Waals surface area contributed by atoms with Crippen molar-refractivity contribution < 1.29 is 13.3 Å². The number of sulfonamides is 1. The van der Waals surface area contributed by atoms with Crippen molar-refractivity contribution in [1.29, 1.82) is 0 Å². The highest BCUT2D eigenvalue weighted by Crippen LogP contribution is 2.27. The van der Waals surface area contributed by atoms with Crippen molar-refractivity contribution in [2.75, 3.05) is 4.72 Å². The number of hydrogen-bond acceptors (Lipinski definition) is 4. The molecule has 0 atom stereocenters. The van der Waals surface area contributed by atoms with Gasteiger partial charge < -0.3 is 0 Å². The van der Waals surface area contributed by atoms with Crippen LogP contribution >= 0.6 is 0 Å². The van der Waals surface area contributed by atoms with E-state index in [9.17, 15) is 18.5 Å². The normalized spacial score (nSPS) is 11.1. The van der Waals surface area contributed by atoms with Gasteiger partial charge in [-0.3, -0.25) is 14.8 Å². The van der Waals surface area contributed by atoms with Crippen LogP contribution < -0.4 is 4.72 Å². The summed E-state index contributed by atoms with van der Waals surface area (Å²) in [6, 6.07) is 10.8. The van der Waals surface area contributed by atoms with Crippen molar-refractivity contribution in [3.8, 4) is 0 Å². The Morgan fingerprint density at radius 3 is 2.33 bits per heavy atom. The van der Waals surface area contributed by atoms with Gasteiger partial charge in [-0.2, -0.15) is 0 Å². The number of anilines is 1. The van der Waals surface area contributed by atoms with E-state index in [-0.39, 0.29) is 21.8 Å². The molecule has 6 nitrogen and oxygen atoms in total. The quantitative estimate of drug-likeness (QED) is 0.694. The van der Waals surface area contributed by atoms with Crippen LogP contribution in [0.3, 0.4) is 0 Å². The first kappa shape index (κ1) is 15.0. The van der Waals surface area contributed by atoms with Gasteiger partial charge in [0.15, 0.2) is 0 Å². The molecular formula is C14H14N2O4S. The third-order valence-corrected chi connectivity index (χ3v) is 4.66. The predicted molar refractivity (Wildman–Crippen MR) is 79.8 cm³/mol. The van der Waals surface area contributed by atoms with Crippen LogP contribution in [-0.2, 0) is 10.0 Å². The Bertz CT molecular complexity index is 800. The highest BCUT2D eigenvalue weighted by atomic mass is 32.2. The highest BCUT2D eigenvalue weighted by Gasteiger charge is 2.20. The molecule has 0 heterocycles. The first-order chi connectivity index (χ1) is 9.83. The van der Waals surface area contributed by atoms with Gasteiger partial charge in [-0.05, 0) is 31.5 Å². The number of hydrogen-bond donors (Lipinski definition) is 1. The van der Waals surface area contributed by atoms with Gasteiger partial charge >= 0.3 is 0 Å². The summed E-state index contributed by atoms with van der Waals surface area (Å²) in [5.41, 5.74) is 0.958. The number of rotatable bonds is 4. The third kappa shape index (κ3) is 3.03. The molecule has 0 amide bonds. The van der Waals surface area contributed by atoms with Gasteiger partial charge in [0.2, 0.25) is 0 Å². The van der Waals surface area contributed by atoms with E-state index < -0.39 is 14.9 Å². The van der Waals surface area contributed by atoms with Crippen LogP contribution in [0.5, 0.6) is 0 Å². The maximum absolute atomic E-state index is 12.4. The minimum absolute atomic E-state index is 0.125. The van der Waals surface area contributed by atoms with Gasteiger partial charge in [-0.15, -0.1) is 0 Å². The largest absolute Gasteiger partial charge is 0.279 e. The van der Waals surface area contributed by atoms with Crippen molar-refractivity contribution in [3.05, 3.63) is 63.7 Å². The molecule has 0 unspecified atom stereocenters. The molecule has 7 heteroatoms. The highest BCUT2D eigenvalue weighted by molar-refractivity contribution is 7.92. The topological polar surface area (TPSA) is 89.3 Å². The summed E-state index contributed by atoms with van der Waals surface area (Å²) >= 11 is 0. The van der Waals surface area contributed by atoms with Gasteiger partial charge in [0.1, 0.15) is 0 Å². The zero-order valence-corrected chi connectivity index (χ0v) is 12.3. The lowest BCUT2D eigenvalue weighted by Crippen LogP contribution is -2.15. The van der Waals surface area contributed by atoms with Gasteiger partial charge in [0, 0.05) is 6.07 Å². The molecule has 2 rings (SSSR count). The molecule has 110 valence electrons. The average molecular weight is 306 g/mol. The lowest BCUT2D eigenvalue weighted by Gasteiger charge is -2.12. The predicted octanol–water partition coefficient (Wildman–Crippen LogP) is 3.01. The van der Waals surface area contributed by atoms with Gasteiger partial charge in [-0.1, -0.05) is 24.3 Å². The number of nitro groups is 1. The van der Waals surface area contributed by atoms with Gasteiger partial charge in [0.25, 0.3) is 15.7 Å². The summed E-state index contributed by atoms with van der Waals surface area (Å²) in [4.78, 5) is 10.5. The SMILES string of the molecule is Cc1ccccc1S(=O)(=O)Nc1cccc([N+](=O)[O-])c1C. The number of benzene rings is 2. The van der Waals surface area contributed by atoms with Crippen LogP contribution in [0.25, 0.3) is 0 Å². The number of nitro benzene ring substituents is 1. The molecule has 0 aliphatic heterocycles. The molecule has 0 saturated carbocycles. The molecule has 0 aliphatic rings. The molecular weight excluding hydrogens is 292 g/mol. The molecule has 0 bridgehead atoms. The Balaban J connectivity index is 2.45. The molecule has 0 aromatic heterocycles. The van der Waals surface area contributed by atoms with E-state index in [0.29, 0.717) is 5.56 Å². The van der Waals surface area contributed by atoms with Crippen LogP contribution in [0.4, 0.5) is 11.4 Å². The number of aryl methyl sites for hydroxylation is 1. The minimum Gasteiger partial charge on any atom is -0.279 e. The molecule has 0 saturated heterocycles. The lowest BCUT2D eigenvalue weighted by molar-refractivity contribution is -0.385. The van der Waals surface area contributed by atoms with Gasteiger partial charge in [-0.25, -0.2) is 8.42 Å². The van der Waals surface area contributed by atoms with E-state index in [2.05, 4.69) is 4.72 Å². The Morgan fingerprint density at radius 2 is 1.71 bits per heavy atom. The van der Waals surface area contributed by atoms with Crippen molar-refractivity contribution in [2.45, 2.75) is 18.7 Å². The van der Waals surface area contributed by atoms with E-state index in [1.165, 1.54) is 31.2 Å². The fraction of sp³-hybridized carbons (Fsp3) is 0.143. The van der Waals surface area contributed by atoms with Crippen molar-refractivity contribution in [1.82, 2.24) is 0 Å². The molecule has 2 aromatic rings. The fourth-order valence-electron chi connectivity index (χ4n) is 1.99. The van der Waals surface area contributed by atoms with E-state index in [1.807, 2.05) is 0 Å². The molecule has 0 radical (unpaired) electrons. The Morgan fingerprint density at radius 1 is 1.05 bits per heavy atom. The summed E-state index contributed by atoms with van der Waals surface area (Å²) in [6.45, 7) is 3.20. The summed E-state index contributed by atoms with van der Waals surface area (Å²) in [5.74, 6) is 0. The fourth-order valence-corrected chi connectivity index (χ4v) is 3.36. The van der Waals surface area contributed by atoms with Crippen molar-refractivity contribution >= 4 is 21.4 Å². The summed E-state index contributed by atoms with van der Waals surface area (Å²) in [7, 11) is -3.78. The Kier molecular flexibility index (Phi) is 3.95. The average Bonchev–Trinajstić information content (AvgIpc) is 2.41. The number of nitrogens with zero attached hydrogens (tertiary/aromatic N) is 1. The second-order valence-corrected chi connectivity index (χ2v) is 6.23. The zero-order chi connectivity index (χ0) is 15.6. The second kappa shape index (κ2) is 5.53. The van der Waals surface area contributed by atoms with Crippen LogP contribution in [0, 0.1) is 24.0 Å². The standard InChI is InChI=1S/C14H14N2O4S/c1-10-6-3-4-9-14(10)21(19,20)15-12-7-5-8-13(11(12)2)16(17)18/h3-9,15H,1-2H3. The molecule has 0 fully saturated rings. The molecule has 2 aromatic carbocycles. The number of nitrogens with one attached hydrogen (secondary N) is 1. The van der Waals surface area contributed by atoms with Crippen LogP contribution in [-0.4, -0.2) is 13.3 Å². The van der Waals surface area contributed by atoms with Gasteiger partial charge in [0.05, 0.1) is 21.1 Å². The van der Waals surface area contributed by atoms with Crippen LogP contribution in [0.15, 0.2) is 47.4 Å². The minimum atomic E-state index is -3.78. The second-order valence-electron chi connectivity index (χ2n) is 4.58. The molecule has 0 aliphatic carbocycles. The summed E-state index contributed by atoms with van der Waals surface area (Å²) < 4.78 is 27.2. The van der Waals surface area contributed by atoms with E-state index >= 15 is 0 Å². The molecule has 0 spiro atoms.